The van der Waals surface area contributed by atoms with Crippen molar-refractivity contribution in [1.29, 1.82) is 0 Å². The Morgan fingerprint density at radius 3 is 2.50 bits per heavy atom. The molecule has 2 aromatic rings. The summed E-state index contributed by atoms with van der Waals surface area (Å²) in [6.45, 7) is 0. The molecule has 0 fully saturated rings. The van der Waals surface area contributed by atoms with Gasteiger partial charge in [-0.2, -0.15) is 0 Å². The largest absolute Gasteiger partial charge is 0.398 e. The number of carbonyl (C=O) groups excluding carboxylic acids is 2. The number of nitrogens with two attached hydrogens (primary N) is 1. The van der Waals surface area contributed by atoms with E-state index in [1.165, 1.54) is 12.1 Å². The summed E-state index contributed by atoms with van der Waals surface area (Å²) in [6.07, 6.45) is 0. The van der Waals surface area contributed by atoms with E-state index in [4.69, 9.17) is 17.3 Å². The van der Waals surface area contributed by atoms with Gasteiger partial charge in [0.25, 0.3) is 11.8 Å². The van der Waals surface area contributed by atoms with Crippen molar-refractivity contribution in [3.05, 3.63) is 58.4 Å². The van der Waals surface area contributed by atoms with Crippen molar-refractivity contribution >= 4 is 34.8 Å². The van der Waals surface area contributed by atoms with E-state index < -0.39 is 17.6 Å². The molecule has 1 heterocycles. The minimum atomic E-state index is -0.559. The van der Waals surface area contributed by atoms with Crippen molar-refractivity contribution < 1.29 is 14.0 Å². The molecule has 0 unspecified atom stereocenters. The number of fused-ring (bicyclic) bond motifs is 1. The molecule has 0 aliphatic carbocycles. The molecule has 0 atom stereocenters. The number of carbonyl (C=O) groups is 2. The molecule has 1 aliphatic rings. The summed E-state index contributed by atoms with van der Waals surface area (Å²) in [6, 6.07) is 8.12. The zero-order valence-corrected chi connectivity index (χ0v) is 10.8. The van der Waals surface area contributed by atoms with Crippen LogP contribution in [0.15, 0.2) is 36.4 Å². The zero-order chi connectivity index (χ0) is 14.4. The van der Waals surface area contributed by atoms with Gasteiger partial charge in [-0.3, -0.25) is 9.59 Å². The molecule has 6 heteroatoms. The van der Waals surface area contributed by atoms with Crippen LogP contribution in [-0.4, -0.2) is 11.8 Å². The minimum Gasteiger partial charge on any atom is -0.398 e. The second-order valence-electron chi connectivity index (χ2n) is 4.31. The fraction of sp³-hybridized carbons (Fsp3) is 0. The normalized spacial score (nSPS) is 13.8. The fourth-order valence-electron chi connectivity index (χ4n) is 2.19. The van der Waals surface area contributed by atoms with Gasteiger partial charge in [0.15, 0.2) is 0 Å². The van der Waals surface area contributed by atoms with Crippen LogP contribution < -0.4 is 10.6 Å². The molecule has 0 saturated heterocycles. The number of imide groups is 1. The molecule has 0 aromatic heterocycles. The van der Waals surface area contributed by atoms with Gasteiger partial charge in [0.05, 0.1) is 21.8 Å². The average Bonchev–Trinajstić information content (AvgIpc) is 2.64. The minimum absolute atomic E-state index is 0.0157. The van der Waals surface area contributed by atoms with Gasteiger partial charge in [0.2, 0.25) is 0 Å². The lowest BCUT2D eigenvalue weighted by atomic mass is 10.1. The fourth-order valence-corrected chi connectivity index (χ4v) is 2.44. The van der Waals surface area contributed by atoms with Gasteiger partial charge in [0.1, 0.15) is 5.82 Å². The van der Waals surface area contributed by atoms with E-state index in [1.54, 1.807) is 12.1 Å². The summed E-state index contributed by atoms with van der Waals surface area (Å²) in [5.74, 6) is -1.63. The summed E-state index contributed by atoms with van der Waals surface area (Å²) >= 11 is 5.91. The first-order chi connectivity index (χ1) is 9.50. The van der Waals surface area contributed by atoms with Gasteiger partial charge >= 0.3 is 0 Å². The van der Waals surface area contributed by atoms with Crippen LogP contribution in [0.4, 0.5) is 15.8 Å². The number of hydrogen-bond donors (Lipinski definition) is 1. The summed E-state index contributed by atoms with van der Waals surface area (Å²) in [5.41, 5.74) is 6.46. The van der Waals surface area contributed by atoms with Gasteiger partial charge in [-0.05, 0) is 30.3 Å². The van der Waals surface area contributed by atoms with Gasteiger partial charge in [-0.1, -0.05) is 17.7 Å². The standard InChI is InChI=1S/C14H8ClFN2O2/c15-9-6-7(16)4-5-11(9)18-13(19)8-2-1-3-10(17)12(8)14(18)20/h1-6H,17H2. The molecule has 4 nitrogen and oxygen atoms in total. The maximum absolute atomic E-state index is 13.1. The molecule has 2 N–H and O–H groups in total. The number of anilines is 2. The quantitative estimate of drug-likeness (QED) is 0.649. The van der Waals surface area contributed by atoms with Crippen molar-refractivity contribution in [2.75, 3.05) is 10.6 Å². The van der Waals surface area contributed by atoms with Gasteiger partial charge in [-0.25, -0.2) is 9.29 Å². The van der Waals surface area contributed by atoms with E-state index in [-0.39, 0.29) is 27.5 Å². The van der Waals surface area contributed by atoms with E-state index in [1.807, 2.05) is 0 Å². The monoisotopic (exact) mass is 290 g/mol. The number of benzene rings is 2. The summed E-state index contributed by atoms with van der Waals surface area (Å²) in [5, 5.41) is -0.0157. The van der Waals surface area contributed by atoms with Crippen molar-refractivity contribution in [2.24, 2.45) is 0 Å². The Morgan fingerprint density at radius 2 is 1.85 bits per heavy atom. The van der Waals surface area contributed by atoms with E-state index in [0.29, 0.717) is 0 Å². The highest BCUT2D eigenvalue weighted by atomic mass is 35.5. The highest BCUT2D eigenvalue weighted by Crippen LogP contribution is 2.35. The van der Waals surface area contributed by atoms with Crippen molar-refractivity contribution in [3.63, 3.8) is 0 Å². The third-order valence-electron chi connectivity index (χ3n) is 3.10. The lowest BCUT2D eigenvalue weighted by Gasteiger charge is -2.15. The first-order valence-corrected chi connectivity index (χ1v) is 6.11. The lowest BCUT2D eigenvalue weighted by molar-refractivity contribution is 0.0926. The Balaban J connectivity index is 2.17. The zero-order valence-electron chi connectivity index (χ0n) is 10.1. The van der Waals surface area contributed by atoms with Gasteiger partial charge in [0, 0.05) is 5.69 Å². The Kier molecular flexibility index (Phi) is 2.72. The Hall–Kier alpha value is -2.40. The maximum atomic E-state index is 13.1. The number of nitrogen functional groups attached to an aromatic ring is 1. The van der Waals surface area contributed by atoms with E-state index in [9.17, 15) is 14.0 Å². The second-order valence-corrected chi connectivity index (χ2v) is 4.72. The molecular weight excluding hydrogens is 283 g/mol. The summed E-state index contributed by atoms with van der Waals surface area (Å²) < 4.78 is 13.1. The van der Waals surface area contributed by atoms with Crippen LogP contribution in [0.25, 0.3) is 0 Å². The molecule has 100 valence electrons. The topological polar surface area (TPSA) is 63.4 Å². The molecule has 0 bridgehead atoms. The van der Waals surface area contributed by atoms with Crippen LogP contribution in [0.5, 0.6) is 0 Å². The molecule has 1 aliphatic heterocycles. The van der Waals surface area contributed by atoms with E-state index >= 15 is 0 Å². The first kappa shape index (κ1) is 12.6. The Bertz CT molecular complexity index is 761. The molecule has 20 heavy (non-hydrogen) atoms. The second kappa shape index (κ2) is 4.31. The third kappa shape index (κ3) is 1.67. The predicted molar refractivity (Wildman–Crippen MR) is 73.4 cm³/mol. The number of hydrogen-bond acceptors (Lipinski definition) is 3. The van der Waals surface area contributed by atoms with E-state index in [0.717, 1.165) is 17.0 Å². The molecule has 2 aromatic carbocycles. The van der Waals surface area contributed by atoms with Gasteiger partial charge in [-0.15, -0.1) is 0 Å². The number of rotatable bonds is 1. The highest BCUT2D eigenvalue weighted by Gasteiger charge is 2.38. The van der Waals surface area contributed by atoms with Crippen LogP contribution in [-0.2, 0) is 0 Å². The summed E-state index contributed by atoms with van der Waals surface area (Å²) in [4.78, 5) is 25.5. The Morgan fingerprint density at radius 1 is 1.10 bits per heavy atom. The molecule has 3 rings (SSSR count). The smallest absolute Gasteiger partial charge is 0.268 e. The highest BCUT2D eigenvalue weighted by molar-refractivity contribution is 6.40. The van der Waals surface area contributed by atoms with Crippen molar-refractivity contribution in [2.45, 2.75) is 0 Å². The SMILES string of the molecule is Nc1cccc2c1C(=O)N(c1ccc(F)cc1Cl)C2=O. The number of halogens is 2. The Labute approximate surface area is 118 Å². The van der Waals surface area contributed by atoms with Gasteiger partial charge < -0.3 is 5.73 Å². The lowest BCUT2D eigenvalue weighted by Crippen LogP contribution is -2.29. The van der Waals surface area contributed by atoms with Crippen LogP contribution >= 0.6 is 11.6 Å². The first-order valence-electron chi connectivity index (χ1n) is 5.73. The molecule has 2 amide bonds. The summed E-state index contributed by atoms with van der Waals surface area (Å²) in [7, 11) is 0. The number of nitrogens with zero attached hydrogens (tertiary/aromatic N) is 1. The molecular formula is C14H8ClFN2O2. The average molecular weight is 291 g/mol. The van der Waals surface area contributed by atoms with Crippen LogP contribution in [0.1, 0.15) is 20.7 Å². The molecule has 0 spiro atoms. The van der Waals surface area contributed by atoms with Crippen LogP contribution in [0.2, 0.25) is 5.02 Å². The van der Waals surface area contributed by atoms with Crippen molar-refractivity contribution in [3.8, 4) is 0 Å². The molecule has 0 radical (unpaired) electrons. The maximum Gasteiger partial charge on any atom is 0.268 e. The van der Waals surface area contributed by atoms with Crippen molar-refractivity contribution in [1.82, 2.24) is 0 Å². The van der Waals surface area contributed by atoms with E-state index in [2.05, 4.69) is 0 Å². The van der Waals surface area contributed by atoms with Crippen LogP contribution in [0.3, 0.4) is 0 Å². The third-order valence-corrected chi connectivity index (χ3v) is 3.40. The molecule has 0 saturated carbocycles. The predicted octanol–water partition coefficient (Wildman–Crippen LogP) is 2.86. The number of amides is 2. The van der Waals surface area contributed by atoms with Crippen LogP contribution in [0, 0.1) is 5.82 Å².